The summed E-state index contributed by atoms with van der Waals surface area (Å²) in [5.74, 6) is -0.161. The van der Waals surface area contributed by atoms with Crippen LogP contribution in [0.25, 0.3) is 10.9 Å². The summed E-state index contributed by atoms with van der Waals surface area (Å²) in [6.45, 7) is 1.24. The Balaban J connectivity index is 1.55. The molecule has 12 heteroatoms. The third-order valence-corrected chi connectivity index (χ3v) is 9.62. The van der Waals surface area contributed by atoms with Gasteiger partial charge in [0.15, 0.2) is 20.1 Å². The van der Waals surface area contributed by atoms with Crippen LogP contribution in [0.15, 0.2) is 29.4 Å². The van der Waals surface area contributed by atoms with E-state index in [0.717, 1.165) is 30.4 Å². The Kier molecular flexibility index (Phi) is 6.15. The number of halogens is 2. The second-order valence-electron chi connectivity index (χ2n) is 8.41. The molecule has 8 nitrogen and oxygen atoms in total. The maximum absolute atomic E-state index is 13.4. The zero-order chi connectivity index (χ0) is 23.2. The number of aromatic nitrogens is 3. The standard InChI is InChI=1S/C21H22ClFN4O4S2/c22-15-3-4-16-14(19(15)33(29,30)13-1-2-13)10-25-27(16)17(9-12-5-7-31-8-6-12)20(28)26-21-24-11-18(23)32-21/h3-4,10-13,17H,1-2,5-9H2,(H,24,26,28). The molecule has 1 aliphatic carbocycles. The van der Waals surface area contributed by atoms with E-state index in [4.69, 9.17) is 16.3 Å². The van der Waals surface area contributed by atoms with E-state index >= 15 is 0 Å². The highest BCUT2D eigenvalue weighted by molar-refractivity contribution is 7.92. The number of benzene rings is 1. The first-order chi connectivity index (χ1) is 15.8. The van der Waals surface area contributed by atoms with Gasteiger partial charge < -0.3 is 10.1 Å². The number of rotatable bonds is 7. The molecule has 5 rings (SSSR count). The summed E-state index contributed by atoms with van der Waals surface area (Å²) in [6.07, 6.45) is 5.83. The summed E-state index contributed by atoms with van der Waals surface area (Å²) in [7, 11) is -3.58. The molecular formula is C21H22ClFN4O4S2. The molecule has 3 aromatic rings. The first-order valence-electron chi connectivity index (χ1n) is 10.7. The second-order valence-corrected chi connectivity index (χ2v) is 12.0. The number of nitrogens with zero attached hydrogens (tertiary/aromatic N) is 3. The zero-order valence-electron chi connectivity index (χ0n) is 17.5. The van der Waals surface area contributed by atoms with E-state index in [9.17, 15) is 17.6 Å². The first-order valence-corrected chi connectivity index (χ1v) is 13.5. The van der Waals surface area contributed by atoms with Crippen molar-refractivity contribution in [1.29, 1.82) is 0 Å². The van der Waals surface area contributed by atoms with Gasteiger partial charge in [0.05, 0.1) is 33.1 Å². The number of carbonyl (C=O) groups excluding carboxylic acids is 1. The normalized spacial score (nSPS) is 18.5. The largest absolute Gasteiger partial charge is 0.381 e. The van der Waals surface area contributed by atoms with E-state index < -0.39 is 26.3 Å². The van der Waals surface area contributed by atoms with Gasteiger partial charge in [0.1, 0.15) is 6.04 Å². The van der Waals surface area contributed by atoms with Gasteiger partial charge in [-0.05, 0) is 50.2 Å². The Morgan fingerprint density at radius 3 is 2.70 bits per heavy atom. The van der Waals surface area contributed by atoms with Gasteiger partial charge in [0, 0.05) is 18.6 Å². The molecule has 0 radical (unpaired) electrons. The molecule has 1 saturated carbocycles. The van der Waals surface area contributed by atoms with E-state index in [0.29, 0.717) is 43.4 Å². The number of hydrogen-bond donors (Lipinski definition) is 1. The molecule has 0 spiro atoms. The van der Waals surface area contributed by atoms with Crippen molar-refractivity contribution in [2.75, 3.05) is 18.5 Å². The monoisotopic (exact) mass is 512 g/mol. The molecular weight excluding hydrogens is 491 g/mol. The average molecular weight is 513 g/mol. The van der Waals surface area contributed by atoms with E-state index in [2.05, 4.69) is 15.4 Å². The molecule has 176 valence electrons. The van der Waals surface area contributed by atoms with Gasteiger partial charge in [-0.15, -0.1) is 0 Å². The lowest BCUT2D eigenvalue weighted by molar-refractivity contribution is -0.120. The Hall–Kier alpha value is -2.08. The predicted molar refractivity (Wildman–Crippen MR) is 123 cm³/mol. The van der Waals surface area contributed by atoms with Crippen molar-refractivity contribution in [1.82, 2.24) is 14.8 Å². The molecule has 1 atom stereocenters. The number of carbonyl (C=O) groups is 1. The van der Waals surface area contributed by atoms with Crippen LogP contribution in [-0.4, -0.2) is 47.6 Å². The number of ether oxygens (including phenoxy) is 1. The summed E-state index contributed by atoms with van der Waals surface area (Å²) in [4.78, 5) is 17.3. The van der Waals surface area contributed by atoms with Crippen LogP contribution in [0.3, 0.4) is 0 Å². The third kappa shape index (κ3) is 4.51. The van der Waals surface area contributed by atoms with Crippen LogP contribution >= 0.6 is 22.9 Å². The van der Waals surface area contributed by atoms with Gasteiger partial charge in [-0.2, -0.15) is 9.49 Å². The van der Waals surface area contributed by atoms with Crippen molar-refractivity contribution >= 4 is 54.7 Å². The maximum atomic E-state index is 13.4. The van der Waals surface area contributed by atoms with Crippen LogP contribution in [0.2, 0.25) is 5.02 Å². The molecule has 0 bridgehead atoms. The van der Waals surface area contributed by atoms with Crippen molar-refractivity contribution in [2.45, 2.75) is 48.3 Å². The quantitative estimate of drug-likeness (QED) is 0.508. The van der Waals surface area contributed by atoms with Gasteiger partial charge in [-0.3, -0.25) is 9.48 Å². The number of fused-ring (bicyclic) bond motifs is 1. The molecule has 1 aromatic carbocycles. The molecule has 3 heterocycles. The Morgan fingerprint density at radius 2 is 2.03 bits per heavy atom. The fourth-order valence-corrected chi connectivity index (χ4v) is 7.20. The molecule has 1 amide bonds. The van der Waals surface area contributed by atoms with E-state index in [1.165, 1.54) is 12.3 Å². The molecule has 1 aliphatic heterocycles. The zero-order valence-corrected chi connectivity index (χ0v) is 19.9. The third-order valence-electron chi connectivity index (χ3n) is 6.13. The summed E-state index contributed by atoms with van der Waals surface area (Å²) >= 11 is 7.07. The van der Waals surface area contributed by atoms with Crippen LogP contribution in [0, 0.1) is 11.0 Å². The van der Waals surface area contributed by atoms with Crippen LogP contribution in [0.1, 0.15) is 38.1 Å². The maximum Gasteiger partial charge on any atom is 0.251 e. The van der Waals surface area contributed by atoms with Crippen molar-refractivity contribution in [2.24, 2.45) is 5.92 Å². The first kappa shape index (κ1) is 22.7. The fraction of sp³-hybridized carbons (Fsp3) is 0.476. The number of sulfone groups is 1. The topological polar surface area (TPSA) is 103 Å². The number of nitrogens with one attached hydrogen (secondary N) is 1. The highest BCUT2D eigenvalue weighted by Gasteiger charge is 2.40. The van der Waals surface area contributed by atoms with Gasteiger partial charge in [-0.1, -0.05) is 22.9 Å². The van der Waals surface area contributed by atoms with Crippen LogP contribution < -0.4 is 5.32 Å². The van der Waals surface area contributed by atoms with Gasteiger partial charge in [-0.25, -0.2) is 13.4 Å². The highest BCUT2D eigenvalue weighted by atomic mass is 35.5. The lowest BCUT2D eigenvalue weighted by Crippen LogP contribution is -2.30. The Bertz CT molecular complexity index is 1300. The Morgan fingerprint density at radius 1 is 1.27 bits per heavy atom. The van der Waals surface area contributed by atoms with E-state index in [1.54, 1.807) is 10.7 Å². The predicted octanol–water partition coefficient (Wildman–Crippen LogP) is 4.22. The second kappa shape index (κ2) is 8.94. The number of anilines is 1. The summed E-state index contributed by atoms with van der Waals surface area (Å²) in [5.41, 5.74) is 0.510. The van der Waals surface area contributed by atoms with Gasteiger partial charge >= 0.3 is 0 Å². The van der Waals surface area contributed by atoms with Crippen molar-refractivity contribution in [3.63, 3.8) is 0 Å². The molecule has 1 N–H and O–H groups in total. The summed E-state index contributed by atoms with van der Waals surface area (Å²) in [6, 6.07) is 2.48. The molecule has 2 aromatic heterocycles. The van der Waals surface area contributed by atoms with Crippen molar-refractivity contribution in [3.05, 3.63) is 34.7 Å². The number of thiazole rings is 1. The molecule has 1 unspecified atom stereocenters. The van der Waals surface area contributed by atoms with Crippen molar-refractivity contribution < 1.29 is 22.3 Å². The molecule has 2 aliphatic rings. The van der Waals surface area contributed by atoms with Crippen LogP contribution in [0.4, 0.5) is 9.52 Å². The lowest BCUT2D eigenvalue weighted by Gasteiger charge is -2.26. The fourth-order valence-electron chi connectivity index (χ4n) is 4.27. The molecule has 33 heavy (non-hydrogen) atoms. The lowest BCUT2D eigenvalue weighted by atomic mass is 9.92. The Labute approximate surface area is 199 Å². The molecule has 1 saturated heterocycles. The van der Waals surface area contributed by atoms with Crippen molar-refractivity contribution in [3.8, 4) is 0 Å². The number of amides is 1. The minimum absolute atomic E-state index is 0.0719. The smallest absolute Gasteiger partial charge is 0.251 e. The van der Waals surface area contributed by atoms with E-state index in [1.807, 2.05) is 0 Å². The van der Waals surface area contributed by atoms with Gasteiger partial charge in [0.2, 0.25) is 0 Å². The minimum atomic E-state index is -3.58. The minimum Gasteiger partial charge on any atom is -0.381 e. The van der Waals surface area contributed by atoms with Gasteiger partial charge in [0.25, 0.3) is 5.91 Å². The van der Waals surface area contributed by atoms with E-state index in [-0.39, 0.29) is 26.9 Å². The molecule has 2 fully saturated rings. The highest BCUT2D eigenvalue weighted by Crippen LogP contribution is 2.41. The number of hydrogen-bond acceptors (Lipinski definition) is 7. The van der Waals surface area contributed by atoms with Crippen LogP contribution in [-0.2, 0) is 19.4 Å². The average Bonchev–Trinajstić information content (AvgIpc) is 3.47. The SMILES string of the molecule is O=C(Nc1ncc(F)s1)C(CC1CCOCC1)n1ncc2c(S(=O)(=O)C3CC3)c(Cl)ccc21. The summed E-state index contributed by atoms with van der Waals surface area (Å²) < 4.78 is 46.5. The van der Waals surface area contributed by atoms with Crippen LogP contribution in [0.5, 0.6) is 0 Å². The summed E-state index contributed by atoms with van der Waals surface area (Å²) in [5, 5.41) is 6.90.